The fourth-order valence-corrected chi connectivity index (χ4v) is 3.29. The normalized spacial score (nSPS) is 11.0. The molecule has 2 N–H and O–H groups in total. The van der Waals surface area contributed by atoms with E-state index in [-0.39, 0.29) is 5.75 Å². The molecule has 4 rings (SSSR count). The van der Waals surface area contributed by atoms with E-state index in [0.717, 1.165) is 11.3 Å². The molecule has 0 fully saturated rings. The number of carbonyl (C=O) groups excluding carboxylic acids is 1. The van der Waals surface area contributed by atoms with E-state index < -0.39 is 5.97 Å². The number of aromatic nitrogens is 5. The number of nitrogens with one attached hydrogen (secondary N) is 2. The van der Waals surface area contributed by atoms with Crippen LogP contribution in [0.2, 0.25) is 0 Å². The molecular formula is C22H20N6O4S. The zero-order valence-electron chi connectivity index (χ0n) is 18.0. The van der Waals surface area contributed by atoms with E-state index >= 15 is 0 Å². The monoisotopic (exact) mass is 464 g/mol. The Morgan fingerprint density at radius 2 is 1.76 bits per heavy atom. The summed E-state index contributed by atoms with van der Waals surface area (Å²) in [4.78, 5) is 11.4. The highest BCUT2D eigenvalue weighted by atomic mass is 32.1. The second-order valence-corrected chi connectivity index (χ2v) is 7.18. The number of esters is 1. The molecule has 0 unspecified atom stereocenters. The molecule has 4 aromatic rings. The van der Waals surface area contributed by atoms with Gasteiger partial charge in [0.25, 0.3) is 0 Å². The van der Waals surface area contributed by atoms with Gasteiger partial charge in [-0.05, 0) is 30.4 Å². The first kappa shape index (κ1) is 22.0. The Kier molecular flexibility index (Phi) is 6.31. The lowest BCUT2D eigenvalue weighted by atomic mass is 10.1. The number of ether oxygens (including phenoxy) is 3. The lowest BCUT2D eigenvalue weighted by Crippen LogP contribution is -2.05. The minimum absolute atomic E-state index is 0.191. The SMILES string of the molecule is COc1cc(C=Nn2c(-c3cc(-c4ccccc4)n[nH]3)n[nH]c2=S)cc(OC)c1OC(C)=O. The molecule has 0 atom stereocenters. The third-order valence-corrected chi connectivity index (χ3v) is 4.85. The molecule has 10 nitrogen and oxygen atoms in total. The molecule has 2 heterocycles. The van der Waals surface area contributed by atoms with E-state index in [9.17, 15) is 4.79 Å². The van der Waals surface area contributed by atoms with E-state index in [4.69, 9.17) is 26.4 Å². The Labute approximate surface area is 193 Å². The van der Waals surface area contributed by atoms with Crippen LogP contribution in [0.5, 0.6) is 17.2 Å². The highest BCUT2D eigenvalue weighted by molar-refractivity contribution is 7.71. The largest absolute Gasteiger partial charge is 0.493 e. The molecule has 0 bridgehead atoms. The molecule has 0 saturated heterocycles. The number of rotatable bonds is 7. The molecule has 2 aromatic heterocycles. The van der Waals surface area contributed by atoms with Crippen molar-refractivity contribution in [3.8, 4) is 40.0 Å². The molecule has 0 aliphatic carbocycles. The van der Waals surface area contributed by atoms with Crippen LogP contribution >= 0.6 is 12.2 Å². The van der Waals surface area contributed by atoms with Gasteiger partial charge in [-0.25, -0.2) is 5.10 Å². The van der Waals surface area contributed by atoms with E-state index in [1.54, 1.807) is 18.3 Å². The van der Waals surface area contributed by atoms with E-state index in [1.807, 2.05) is 36.4 Å². The summed E-state index contributed by atoms with van der Waals surface area (Å²) < 4.78 is 17.7. The van der Waals surface area contributed by atoms with Gasteiger partial charge in [-0.3, -0.25) is 9.89 Å². The van der Waals surface area contributed by atoms with Crippen molar-refractivity contribution >= 4 is 24.4 Å². The fraction of sp³-hybridized carbons (Fsp3) is 0.136. The van der Waals surface area contributed by atoms with Crippen molar-refractivity contribution in [1.29, 1.82) is 0 Å². The molecular weight excluding hydrogens is 444 g/mol. The number of nitrogens with zero attached hydrogens (tertiary/aromatic N) is 4. The number of hydrogen-bond donors (Lipinski definition) is 2. The van der Waals surface area contributed by atoms with E-state index in [1.165, 1.54) is 25.8 Å². The number of methoxy groups -OCH3 is 2. The summed E-state index contributed by atoms with van der Waals surface area (Å²) in [7, 11) is 2.94. The lowest BCUT2D eigenvalue weighted by molar-refractivity contribution is -0.132. The molecule has 11 heteroatoms. The number of H-pyrrole nitrogens is 2. The second-order valence-electron chi connectivity index (χ2n) is 6.79. The quantitative estimate of drug-likeness (QED) is 0.185. The third-order valence-electron chi connectivity index (χ3n) is 4.59. The Bertz CT molecular complexity index is 1350. The van der Waals surface area contributed by atoms with Crippen molar-refractivity contribution in [1.82, 2.24) is 25.1 Å². The minimum atomic E-state index is -0.489. The van der Waals surface area contributed by atoms with Crippen LogP contribution in [-0.4, -0.2) is 51.5 Å². The highest BCUT2D eigenvalue weighted by Crippen LogP contribution is 2.38. The van der Waals surface area contributed by atoms with Gasteiger partial charge in [0.15, 0.2) is 11.5 Å². The Morgan fingerprint density at radius 1 is 1.06 bits per heavy atom. The standard InChI is InChI=1S/C22H20N6O4S/c1-13(29)32-20-18(30-2)9-14(10-19(20)31-3)12-23-28-21(26-27-22(28)33)17-11-16(24-25-17)15-7-5-4-6-8-15/h4-12H,1-3H3,(H,24,25)(H,27,33). The van der Waals surface area contributed by atoms with Crippen LogP contribution in [0.25, 0.3) is 22.8 Å². The molecule has 0 saturated carbocycles. The Balaban J connectivity index is 1.68. The summed E-state index contributed by atoms with van der Waals surface area (Å²) >= 11 is 5.34. The van der Waals surface area contributed by atoms with Crippen LogP contribution in [0.1, 0.15) is 12.5 Å². The van der Waals surface area contributed by atoms with Gasteiger partial charge in [0.1, 0.15) is 5.69 Å². The first-order valence-corrected chi connectivity index (χ1v) is 10.2. The van der Waals surface area contributed by atoms with Crippen molar-refractivity contribution < 1.29 is 19.0 Å². The van der Waals surface area contributed by atoms with Gasteiger partial charge in [-0.1, -0.05) is 30.3 Å². The van der Waals surface area contributed by atoms with Gasteiger partial charge in [0, 0.05) is 18.1 Å². The maximum Gasteiger partial charge on any atom is 0.308 e. The summed E-state index contributed by atoms with van der Waals surface area (Å²) in [6.07, 6.45) is 1.56. The summed E-state index contributed by atoms with van der Waals surface area (Å²) in [6.45, 7) is 1.30. The van der Waals surface area contributed by atoms with E-state index in [0.29, 0.717) is 33.4 Å². The second kappa shape index (κ2) is 9.49. The maximum absolute atomic E-state index is 11.4. The molecule has 0 amide bonds. The van der Waals surface area contributed by atoms with Crippen LogP contribution < -0.4 is 14.2 Å². The van der Waals surface area contributed by atoms with Crippen molar-refractivity contribution in [2.45, 2.75) is 6.92 Å². The molecule has 0 aliphatic heterocycles. The fourth-order valence-electron chi connectivity index (χ4n) is 3.11. The van der Waals surface area contributed by atoms with Crippen LogP contribution in [0.3, 0.4) is 0 Å². The zero-order valence-corrected chi connectivity index (χ0v) is 18.8. The first-order chi connectivity index (χ1) is 16.0. The van der Waals surface area contributed by atoms with Crippen LogP contribution in [0.4, 0.5) is 0 Å². The minimum Gasteiger partial charge on any atom is -0.493 e. The number of carbonyl (C=O) groups is 1. The molecule has 0 aliphatic rings. The van der Waals surface area contributed by atoms with Gasteiger partial charge < -0.3 is 14.2 Å². The molecule has 0 spiro atoms. The highest BCUT2D eigenvalue weighted by Gasteiger charge is 2.16. The predicted molar refractivity (Wildman–Crippen MR) is 124 cm³/mol. The van der Waals surface area contributed by atoms with Gasteiger partial charge in [0.2, 0.25) is 16.3 Å². The van der Waals surface area contributed by atoms with E-state index in [2.05, 4.69) is 25.5 Å². The first-order valence-electron chi connectivity index (χ1n) is 9.77. The predicted octanol–water partition coefficient (Wildman–Crippen LogP) is 3.82. The van der Waals surface area contributed by atoms with Gasteiger partial charge in [-0.2, -0.15) is 20.0 Å². The lowest BCUT2D eigenvalue weighted by Gasteiger charge is -2.13. The number of aromatic amines is 2. The van der Waals surface area contributed by atoms with Crippen molar-refractivity contribution in [3.05, 3.63) is 58.9 Å². The van der Waals surface area contributed by atoms with Gasteiger partial charge >= 0.3 is 5.97 Å². The summed E-state index contributed by atoms with van der Waals surface area (Å²) in [5.41, 5.74) is 3.00. The molecule has 168 valence electrons. The summed E-state index contributed by atoms with van der Waals surface area (Å²) in [5, 5.41) is 18.8. The third kappa shape index (κ3) is 4.67. The van der Waals surface area contributed by atoms with Crippen molar-refractivity contribution in [2.24, 2.45) is 5.10 Å². The summed E-state index contributed by atoms with van der Waals surface area (Å²) in [6, 6.07) is 15.0. The molecule has 0 radical (unpaired) electrons. The Hall–Kier alpha value is -4.25. The zero-order chi connectivity index (χ0) is 23.4. The molecule has 2 aromatic carbocycles. The summed E-state index contributed by atoms with van der Waals surface area (Å²) in [5.74, 6) is 0.806. The number of hydrogen-bond acceptors (Lipinski definition) is 8. The topological polar surface area (TPSA) is 119 Å². The van der Waals surface area contributed by atoms with Gasteiger partial charge in [0.05, 0.1) is 26.1 Å². The van der Waals surface area contributed by atoms with Crippen LogP contribution in [0.15, 0.2) is 53.6 Å². The smallest absolute Gasteiger partial charge is 0.308 e. The van der Waals surface area contributed by atoms with Crippen LogP contribution in [-0.2, 0) is 4.79 Å². The average molecular weight is 465 g/mol. The van der Waals surface area contributed by atoms with Crippen molar-refractivity contribution in [2.75, 3.05) is 14.2 Å². The van der Waals surface area contributed by atoms with Crippen LogP contribution in [0, 0.1) is 4.77 Å². The average Bonchev–Trinajstić information content (AvgIpc) is 3.45. The van der Waals surface area contributed by atoms with Gasteiger partial charge in [-0.15, -0.1) is 0 Å². The van der Waals surface area contributed by atoms with Crippen molar-refractivity contribution in [3.63, 3.8) is 0 Å². The molecule has 33 heavy (non-hydrogen) atoms. The number of benzene rings is 2. The Morgan fingerprint density at radius 3 is 2.39 bits per heavy atom. The maximum atomic E-state index is 11.4.